The minimum atomic E-state index is -4.85. The number of carbonyl (C=O) groups excluding carboxylic acids is 1. The highest BCUT2D eigenvalue weighted by atomic mass is 19.4. The molecule has 0 spiro atoms. The summed E-state index contributed by atoms with van der Waals surface area (Å²) in [5, 5.41) is 13.2. The molecule has 0 aromatic heterocycles. The van der Waals surface area contributed by atoms with Crippen LogP contribution in [0.1, 0.15) is 12.5 Å². The van der Waals surface area contributed by atoms with Gasteiger partial charge in [0.2, 0.25) is 5.91 Å². The highest BCUT2D eigenvalue weighted by molar-refractivity contribution is 5.83. The molecule has 1 N–H and O–H groups in total. The van der Waals surface area contributed by atoms with Crippen LogP contribution in [0.5, 0.6) is 0 Å². The van der Waals surface area contributed by atoms with Crippen molar-refractivity contribution < 1.29 is 22.9 Å². The van der Waals surface area contributed by atoms with Crippen LogP contribution in [0.3, 0.4) is 0 Å². The molecule has 21 heavy (non-hydrogen) atoms. The summed E-state index contributed by atoms with van der Waals surface area (Å²) in [6.45, 7) is 1.48. The predicted octanol–water partition coefficient (Wildman–Crippen LogP) is 2.50. The molecular weight excluding hydrogens is 291 g/mol. The van der Waals surface area contributed by atoms with Gasteiger partial charge in [0.1, 0.15) is 11.6 Å². The third-order valence-corrected chi connectivity index (χ3v) is 2.69. The van der Waals surface area contributed by atoms with Crippen molar-refractivity contribution >= 4 is 17.3 Å². The predicted molar refractivity (Wildman–Crippen MR) is 69.9 cm³/mol. The number of likely N-dealkylation sites (N-methyl/N-ethyl adjacent to an activating group) is 1. The van der Waals surface area contributed by atoms with Crippen molar-refractivity contribution in [3.05, 3.63) is 33.9 Å². The first kappa shape index (κ1) is 16.7. The number of nitro groups is 1. The zero-order valence-corrected chi connectivity index (χ0v) is 11.6. The number of alkyl halides is 3. The van der Waals surface area contributed by atoms with Crippen molar-refractivity contribution in [3.8, 4) is 0 Å². The summed E-state index contributed by atoms with van der Waals surface area (Å²) < 4.78 is 38.4. The number of benzene rings is 1. The Morgan fingerprint density at radius 3 is 2.38 bits per heavy atom. The van der Waals surface area contributed by atoms with E-state index in [1.165, 1.54) is 25.9 Å². The van der Waals surface area contributed by atoms with Crippen molar-refractivity contribution in [2.75, 3.05) is 19.4 Å². The summed E-state index contributed by atoms with van der Waals surface area (Å²) in [5.41, 5.74) is -2.41. The minimum absolute atomic E-state index is 0.0179. The van der Waals surface area contributed by atoms with Gasteiger partial charge in [-0.2, -0.15) is 13.2 Å². The highest BCUT2D eigenvalue weighted by Gasteiger charge is 2.38. The van der Waals surface area contributed by atoms with Crippen molar-refractivity contribution in [1.29, 1.82) is 0 Å². The zero-order valence-electron chi connectivity index (χ0n) is 11.6. The van der Waals surface area contributed by atoms with E-state index >= 15 is 0 Å². The van der Waals surface area contributed by atoms with Crippen LogP contribution < -0.4 is 5.32 Å². The molecule has 1 aromatic carbocycles. The summed E-state index contributed by atoms with van der Waals surface area (Å²) in [4.78, 5) is 22.5. The van der Waals surface area contributed by atoms with Gasteiger partial charge in [-0.25, -0.2) is 0 Å². The summed E-state index contributed by atoms with van der Waals surface area (Å²) in [6, 6.07) is 1.75. The Bertz CT molecular complexity index is 558. The average molecular weight is 305 g/mol. The summed E-state index contributed by atoms with van der Waals surface area (Å²) in [7, 11) is 3.02. The molecule has 6 nitrogen and oxygen atoms in total. The second kappa shape index (κ2) is 5.98. The number of nitro benzene ring substituents is 1. The Labute approximate surface area is 118 Å². The van der Waals surface area contributed by atoms with Crippen LogP contribution in [0.15, 0.2) is 18.2 Å². The van der Waals surface area contributed by atoms with E-state index < -0.39 is 28.4 Å². The second-order valence-corrected chi connectivity index (χ2v) is 4.59. The molecule has 0 aliphatic rings. The Kier molecular flexibility index (Phi) is 4.77. The van der Waals surface area contributed by atoms with Gasteiger partial charge in [-0.1, -0.05) is 0 Å². The molecule has 1 amide bonds. The monoisotopic (exact) mass is 305 g/mol. The van der Waals surface area contributed by atoms with Crippen molar-refractivity contribution in [3.63, 3.8) is 0 Å². The summed E-state index contributed by atoms with van der Waals surface area (Å²) in [6.07, 6.45) is -4.85. The summed E-state index contributed by atoms with van der Waals surface area (Å²) >= 11 is 0. The van der Waals surface area contributed by atoms with Crippen molar-refractivity contribution in [2.24, 2.45) is 0 Å². The Morgan fingerprint density at radius 2 is 1.95 bits per heavy atom. The molecule has 116 valence electrons. The highest BCUT2D eigenvalue weighted by Crippen LogP contribution is 2.37. The number of nitrogens with zero attached hydrogens (tertiary/aromatic N) is 2. The van der Waals surface area contributed by atoms with Crippen LogP contribution in [-0.4, -0.2) is 35.9 Å². The molecule has 0 saturated heterocycles. The molecule has 9 heteroatoms. The number of carbonyl (C=O) groups is 1. The lowest BCUT2D eigenvalue weighted by molar-refractivity contribution is -0.388. The van der Waals surface area contributed by atoms with Crippen LogP contribution in [-0.2, 0) is 11.0 Å². The SMILES string of the molecule is C[C@H](Nc1ccc([N+](=O)[O-])c(C(F)(F)F)c1)C(=O)N(C)C. The van der Waals surface area contributed by atoms with Gasteiger partial charge in [0, 0.05) is 25.8 Å². The third kappa shape index (κ3) is 4.07. The Morgan fingerprint density at radius 1 is 1.38 bits per heavy atom. The average Bonchev–Trinajstić information content (AvgIpc) is 2.36. The smallest absolute Gasteiger partial charge is 0.374 e. The van der Waals surface area contributed by atoms with Gasteiger partial charge in [-0.3, -0.25) is 14.9 Å². The maximum absolute atomic E-state index is 12.8. The molecule has 1 rings (SSSR count). The number of amides is 1. The van der Waals surface area contributed by atoms with Crippen LogP contribution in [0.2, 0.25) is 0 Å². The number of rotatable bonds is 4. The topological polar surface area (TPSA) is 75.5 Å². The molecule has 1 atom stereocenters. The molecule has 0 saturated carbocycles. The first-order chi connectivity index (χ1) is 9.54. The second-order valence-electron chi connectivity index (χ2n) is 4.59. The van der Waals surface area contributed by atoms with Crippen molar-refractivity contribution in [2.45, 2.75) is 19.1 Å². The number of halogens is 3. The fourth-order valence-electron chi connectivity index (χ4n) is 1.71. The molecule has 0 aliphatic heterocycles. The molecule has 1 aromatic rings. The van der Waals surface area contributed by atoms with E-state index in [1.54, 1.807) is 0 Å². The van der Waals surface area contributed by atoms with Crippen molar-refractivity contribution in [1.82, 2.24) is 4.90 Å². The maximum atomic E-state index is 12.8. The van der Waals surface area contributed by atoms with E-state index in [0.29, 0.717) is 6.07 Å². The minimum Gasteiger partial charge on any atom is -0.374 e. The van der Waals surface area contributed by atoms with E-state index in [4.69, 9.17) is 0 Å². The Hall–Kier alpha value is -2.32. The number of anilines is 1. The fourth-order valence-corrected chi connectivity index (χ4v) is 1.71. The number of hydrogen-bond acceptors (Lipinski definition) is 4. The number of hydrogen-bond donors (Lipinski definition) is 1. The lowest BCUT2D eigenvalue weighted by Crippen LogP contribution is -2.36. The van der Waals surface area contributed by atoms with Crippen LogP contribution >= 0.6 is 0 Å². The standard InChI is InChI=1S/C12H14F3N3O3/c1-7(11(19)17(2)3)16-8-4-5-10(18(20)21)9(6-8)12(13,14)15/h4-7,16H,1-3H3/t7-/m0/s1. The molecule has 0 aliphatic carbocycles. The van der Waals surface area contributed by atoms with E-state index in [-0.39, 0.29) is 11.6 Å². The van der Waals surface area contributed by atoms with E-state index in [2.05, 4.69) is 5.32 Å². The van der Waals surface area contributed by atoms with E-state index in [9.17, 15) is 28.1 Å². The molecule has 0 fully saturated rings. The maximum Gasteiger partial charge on any atom is 0.423 e. The van der Waals surface area contributed by atoms with Crippen LogP contribution in [0.4, 0.5) is 24.5 Å². The first-order valence-electron chi connectivity index (χ1n) is 5.87. The molecule has 0 radical (unpaired) electrons. The molecule has 0 bridgehead atoms. The van der Waals surface area contributed by atoms with Crippen LogP contribution in [0, 0.1) is 10.1 Å². The quantitative estimate of drug-likeness (QED) is 0.685. The third-order valence-electron chi connectivity index (χ3n) is 2.69. The van der Waals surface area contributed by atoms with Gasteiger partial charge in [0.05, 0.1) is 4.92 Å². The lowest BCUT2D eigenvalue weighted by Gasteiger charge is -2.19. The molecular formula is C12H14F3N3O3. The normalized spacial score (nSPS) is 12.7. The molecule has 0 heterocycles. The van der Waals surface area contributed by atoms with Gasteiger partial charge < -0.3 is 10.2 Å². The zero-order chi connectivity index (χ0) is 16.4. The van der Waals surface area contributed by atoms with Gasteiger partial charge in [-0.15, -0.1) is 0 Å². The summed E-state index contributed by atoms with van der Waals surface area (Å²) in [5.74, 6) is -0.332. The van der Waals surface area contributed by atoms with Gasteiger partial charge in [0.25, 0.3) is 5.69 Å². The molecule has 0 unspecified atom stereocenters. The van der Waals surface area contributed by atoms with Gasteiger partial charge in [-0.05, 0) is 19.1 Å². The first-order valence-corrected chi connectivity index (χ1v) is 5.87. The van der Waals surface area contributed by atoms with E-state index in [1.807, 2.05) is 0 Å². The van der Waals surface area contributed by atoms with Crippen LogP contribution in [0.25, 0.3) is 0 Å². The van der Waals surface area contributed by atoms with E-state index in [0.717, 1.165) is 12.1 Å². The largest absolute Gasteiger partial charge is 0.423 e. The van der Waals surface area contributed by atoms with Gasteiger partial charge in [0.15, 0.2) is 0 Å². The fraction of sp³-hybridized carbons (Fsp3) is 0.417. The lowest BCUT2D eigenvalue weighted by atomic mass is 10.1. The number of nitrogens with one attached hydrogen (secondary N) is 1. The Balaban J connectivity index is 3.12. The van der Waals surface area contributed by atoms with Gasteiger partial charge >= 0.3 is 6.18 Å².